The summed E-state index contributed by atoms with van der Waals surface area (Å²) in [5.41, 5.74) is 12.9. The summed E-state index contributed by atoms with van der Waals surface area (Å²) in [7, 11) is 0. The van der Waals surface area contributed by atoms with Crippen LogP contribution in [0.2, 0.25) is 0 Å². The number of hydrogen-bond donors (Lipinski definition) is 0. The highest BCUT2D eigenvalue weighted by molar-refractivity contribution is 5.79. The average molecular weight is 841 g/mol. The minimum Gasteiger partial charge on any atom is -0.416 e. The number of aromatic nitrogens is 6. The molecule has 0 aliphatic carbocycles. The van der Waals surface area contributed by atoms with E-state index in [1.165, 1.54) is 11.1 Å². The predicted molar refractivity (Wildman–Crippen MR) is 256 cm³/mol. The van der Waals surface area contributed by atoms with Crippen LogP contribution in [0.3, 0.4) is 0 Å². The zero-order valence-electron chi connectivity index (χ0n) is 37.0. The first-order valence-electron chi connectivity index (χ1n) is 21.3. The van der Waals surface area contributed by atoms with E-state index in [9.17, 15) is 0 Å². The lowest BCUT2D eigenvalue weighted by Gasteiger charge is -2.18. The van der Waals surface area contributed by atoms with Crippen molar-refractivity contribution in [3.63, 3.8) is 0 Å². The number of benzene rings is 6. The molecular weight excluding hydrogens is 793 g/mol. The molecular formula is C55H48N6O3. The van der Waals surface area contributed by atoms with Crippen LogP contribution in [0, 0.1) is 6.92 Å². The van der Waals surface area contributed by atoms with E-state index in [0.717, 1.165) is 61.2 Å². The third-order valence-corrected chi connectivity index (χ3v) is 11.0. The van der Waals surface area contributed by atoms with Crippen molar-refractivity contribution in [3.8, 4) is 68.7 Å². The standard InChI is InChI=1S/C55H48N6O3/c1-35-8-18-40(19-9-35)48-60-61-53(64-48)45-33-38(12-10-36-14-20-41(21-15-36)49-56-58-51(62-49)43-24-28-46(29-25-43)54(2,3)4)32-39(34-45)13-11-37-16-22-42(23-17-37)50-57-59-52(63-50)44-26-30-47(31-27-44)55(5,6)7/h8-34H,1-7H3/b12-10+,13-11+. The van der Waals surface area contributed by atoms with E-state index in [1.807, 2.05) is 104 Å². The quantitative estimate of drug-likeness (QED) is 0.124. The van der Waals surface area contributed by atoms with Gasteiger partial charge in [-0.15, -0.1) is 30.6 Å². The lowest BCUT2D eigenvalue weighted by Crippen LogP contribution is -2.10. The van der Waals surface area contributed by atoms with E-state index in [0.29, 0.717) is 35.3 Å². The molecule has 316 valence electrons. The van der Waals surface area contributed by atoms with Crippen molar-refractivity contribution in [3.05, 3.63) is 178 Å². The summed E-state index contributed by atoms with van der Waals surface area (Å²) in [5, 5.41) is 26.1. The van der Waals surface area contributed by atoms with Crippen molar-refractivity contribution in [1.29, 1.82) is 0 Å². The molecule has 0 bridgehead atoms. The van der Waals surface area contributed by atoms with Gasteiger partial charge in [0.05, 0.1) is 0 Å². The summed E-state index contributed by atoms with van der Waals surface area (Å²) in [6, 6.07) is 46.9. The molecule has 64 heavy (non-hydrogen) atoms. The van der Waals surface area contributed by atoms with E-state index in [4.69, 9.17) is 13.3 Å². The van der Waals surface area contributed by atoms with Gasteiger partial charge in [-0.3, -0.25) is 0 Å². The maximum absolute atomic E-state index is 6.23. The minimum absolute atomic E-state index is 0.0660. The first-order valence-corrected chi connectivity index (χ1v) is 21.3. The Kier molecular flexibility index (Phi) is 11.2. The molecule has 0 spiro atoms. The number of nitrogens with zero attached hydrogens (tertiary/aromatic N) is 6. The molecule has 0 aliphatic heterocycles. The van der Waals surface area contributed by atoms with E-state index < -0.39 is 0 Å². The number of rotatable bonds is 10. The van der Waals surface area contributed by atoms with Gasteiger partial charge >= 0.3 is 0 Å². The largest absolute Gasteiger partial charge is 0.416 e. The zero-order chi connectivity index (χ0) is 44.4. The molecule has 0 unspecified atom stereocenters. The molecule has 0 amide bonds. The van der Waals surface area contributed by atoms with Crippen molar-refractivity contribution < 1.29 is 13.3 Å². The minimum atomic E-state index is 0.0660. The van der Waals surface area contributed by atoms with Crippen LogP contribution in [-0.4, -0.2) is 30.6 Å². The summed E-state index contributed by atoms with van der Waals surface area (Å²) in [4.78, 5) is 0. The first-order chi connectivity index (χ1) is 30.8. The summed E-state index contributed by atoms with van der Waals surface area (Å²) >= 11 is 0. The van der Waals surface area contributed by atoms with E-state index in [-0.39, 0.29) is 10.8 Å². The smallest absolute Gasteiger partial charge is 0.248 e. The van der Waals surface area contributed by atoms with Gasteiger partial charge in [0, 0.05) is 33.4 Å². The van der Waals surface area contributed by atoms with E-state index >= 15 is 0 Å². The van der Waals surface area contributed by atoms with Crippen molar-refractivity contribution in [2.24, 2.45) is 0 Å². The van der Waals surface area contributed by atoms with Crippen LogP contribution >= 0.6 is 0 Å². The Morgan fingerprint density at radius 3 is 0.891 bits per heavy atom. The second-order valence-corrected chi connectivity index (χ2v) is 18.1. The van der Waals surface area contributed by atoms with Gasteiger partial charge in [-0.05, 0) is 130 Å². The summed E-state index contributed by atoms with van der Waals surface area (Å²) < 4.78 is 18.4. The Morgan fingerprint density at radius 2 is 0.578 bits per heavy atom. The predicted octanol–water partition coefficient (Wildman–Crippen LogP) is 14.1. The van der Waals surface area contributed by atoms with Crippen molar-refractivity contribution in [1.82, 2.24) is 30.6 Å². The van der Waals surface area contributed by atoms with Gasteiger partial charge in [0.2, 0.25) is 35.3 Å². The molecule has 9 aromatic rings. The van der Waals surface area contributed by atoms with Gasteiger partial charge in [0.25, 0.3) is 0 Å². The molecule has 0 atom stereocenters. The molecule has 9 heteroatoms. The Labute approximate surface area is 373 Å². The molecule has 9 rings (SSSR count). The van der Waals surface area contributed by atoms with Crippen molar-refractivity contribution in [2.75, 3.05) is 0 Å². The maximum atomic E-state index is 6.23. The average Bonchev–Trinajstić information content (AvgIpc) is 4.11. The molecule has 3 heterocycles. The summed E-state index contributed by atoms with van der Waals surface area (Å²) in [5.74, 6) is 2.81. The van der Waals surface area contributed by atoms with Crippen molar-refractivity contribution >= 4 is 24.3 Å². The normalized spacial score (nSPS) is 12.2. The Morgan fingerprint density at radius 1 is 0.312 bits per heavy atom. The monoisotopic (exact) mass is 840 g/mol. The molecule has 0 saturated carbocycles. The summed E-state index contributed by atoms with van der Waals surface area (Å²) in [6.07, 6.45) is 8.29. The zero-order valence-corrected chi connectivity index (χ0v) is 37.0. The lowest BCUT2D eigenvalue weighted by atomic mass is 9.87. The molecule has 3 aromatic heterocycles. The van der Waals surface area contributed by atoms with Gasteiger partial charge in [-0.25, -0.2) is 0 Å². The Balaban J connectivity index is 0.941. The summed E-state index contributed by atoms with van der Waals surface area (Å²) in [6.45, 7) is 15.2. The van der Waals surface area contributed by atoms with Crippen LogP contribution in [0.15, 0.2) is 153 Å². The second kappa shape index (κ2) is 17.2. The van der Waals surface area contributed by atoms with E-state index in [2.05, 4.69) is 139 Å². The second-order valence-electron chi connectivity index (χ2n) is 18.1. The van der Waals surface area contributed by atoms with Crippen molar-refractivity contribution in [2.45, 2.75) is 59.3 Å². The van der Waals surface area contributed by atoms with Gasteiger partial charge < -0.3 is 13.3 Å². The lowest BCUT2D eigenvalue weighted by molar-refractivity contribution is 0.582. The molecule has 0 aliphatic rings. The highest BCUT2D eigenvalue weighted by Gasteiger charge is 2.18. The van der Waals surface area contributed by atoms with Crippen LogP contribution in [0.25, 0.3) is 93.0 Å². The van der Waals surface area contributed by atoms with Crippen LogP contribution in [0.4, 0.5) is 0 Å². The Hall–Kier alpha value is -7.78. The van der Waals surface area contributed by atoms with Gasteiger partial charge in [0.1, 0.15) is 0 Å². The fraction of sp³-hybridized carbons (Fsp3) is 0.164. The SMILES string of the molecule is Cc1ccc(-c2nnc(-c3cc(/C=C/c4ccc(-c5nnc(-c6ccc(C(C)(C)C)cc6)o5)cc4)cc(/C=C/c4ccc(-c5nnc(-c6ccc(C(C)(C)C)cc6)o5)cc4)c3)o2)cc1. The number of aryl methyl sites for hydroxylation is 1. The van der Waals surface area contributed by atoms with Gasteiger partial charge in [0.15, 0.2) is 0 Å². The topological polar surface area (TPSA) is 117 Å². The maximum Gasteiger partial charge on any atom is 0.248 e. The first kappa shape index (κ1) is 41.6. The van der Waals surface area contributed by atoms with Crippen LogP contribution in [-0.2, 0) is 10.8 Å². The molecule has 0 N–H and O–H groups in total. The third-order valence-electron chi connectivity index (χ3n) is 11.0. The number of hydrogen-bond acceptors (Lipinski definition) is 9. The fourth-order valence-corrected chi connectivity index (χ4v) is 7.14. The van der Waals surface area contributed by atoms with Gasteiger partial charge in [-0.1, -0.05) is 132 Å². The van der Waals surface area contributed by atoms with Crippen LogP contribution in [0.1, 0.15) is 80.5 Å². The van der Waals surface area contributed by atoms with Gasteiger partial charge in [-0.2, -0.15) is 0 Å². The highest BCUT2D eigenvalue weighted by Crippen LogP contribution is 2.31. The fourth-order valence-electron chi connectivity index (χ4n) is 7.14. The Bertz CT molecular complexity index is 2920. The van der Waals surface area contributed by atoms with Crippen LogP contribution in [0.5, 0.6) is 0 Å². The molecule has 0 fully saturated rings. The van der Waals surface area contributed by atoms with E-state index in [1.54, 1.807) is 0 Å². The molecule has 9 nitrogen and oxygen atoms in total. The molecule has 0 saturated heterocycles. The molecule has 0 radical (unpaired) electrons. The van der Waals surface area contributed by atoms with Crippen LogP contribution < -0.4 is 0 Å². The highest BCUT2D eigenvalue weighted by atomic mass is 16.4. The third kappa shape index (κ3) is 9.49. The molecule has 6 aromatic carbocycles.